The van der Waals surface area contributed by atoms with E-state index in [1.807, 2.05) is 6.08 Å². The van der Waals surface area contributed by atoms with Crippen LogP contribution in [-0.4, -0.2) is 5.97 Å². The number of carbonyl (C=O) groups excluding carboxylic acids is 1. The largest absolute Gasteiger partial charge is 0.435 e. The Balaban J connectivity index is 3.30. The molecular weight excluding hydrogens is 152 g/mol. The van der Waals surface area contributed by atoms with Crippen molar-refractivity contribution in [3.05, 3.63) is 12.3 Å². The highest BCUT2D eigenvalue weighted by Crippen LogP contribution is 1.97. The van der Waals surface area contributed by atoms with E-state index < -0.39 is 0 Å². The molecule has 0 aromatic carbocycles. The van der Waals surface area contributed by atoms with E-state index in [0.717, 1.165) is 25.7 Å². The summed E-state index contributed by atoms with van der Waals surface area (Å²) in [6.07, 6.45) is 7.93. The van der Waals surface area contributed by atoms with E-state index in [0.29, 0.717) is 6.42 Å². The van der Waals surface area contributed by atoms with E-state index >= 15 is 0 Å². The van der Waals surface area contributed by atoms with Crippen LogP contribution in [0.2, 0.25) is 0 Å². The average molecular weight is 170 g/mol. The lowest BCUT2D eigenvalue weighted by Gasteiger charge is -1.96. The van der Waals surface area contributed by atoms with Crippen LogP contribution >= 0.6 is 0 Å². The van der Waals surface area contributed by atoms with Crippen molar-refractivity contribution in [1.82, 2.24) is 0 Å². The Morgan fingerprint density at radius 3 is 2.67 bits per heavy atom. The molecule has 0 bridgehead atoms. The van der Waals surface area contributed by atoms with Crippen LogP contribution < -0.4 is 0 Å². The fraction of sp³-hybridized carbons (Fsp3) is 0.700. The summed E-state index contributed by atoms with van der Waals surface area (Å²) in [5.74, 6) is -0.121. The predicted molar refractivity (Wildman–Crippen MR) is 49.7 cm³/mol. The van der Waals surface area contributed by atoms with Gasteiger partial charge in [-0.3, -0.25) is 4.79 Å². The van der Waals surface area contributed by atoms with E-state index in [1.54, 1.807) is 0 Å². The second-order valence-corrected chi connectivity index (χ2v) is 2.75. The fourth-order valence-electron chi connectivity index (χ4n) is 0.739. The Morgan fingerprint density at radius 2 is 2.08 bits per heavy atom. The van der Waals surface area contributed by atoms with Crippen molar-refractivity contribution in [3.8, 4) is 0 Å². The zero-order chi connectivity index (χ0) is 9.23. The van der Waals surface area contributed by atoms with Gasteiger partial charge in [-0.1, -0.05) is 26.7 Å². The summed E-state index contributed by atoms with van der Waals surface area (Å²) in [4.78, 5) is 10.9. The fourth-order valence-corrected chi connectivity index (χ4v) is 0.739. The minimum atomic E-state index is -0.121. The molecule has 0 aliphatic heterocycles. The lowest BCUT2D eigenvalue weighted by Crippen LogP contribution is -1.98. The first-order valence-electron chi connectivity index (χ1n) is 4.65. The van der Waals surface area contributed by atoms with Gasteiger partial charge >= 0.3 is 5.97 Å². The van der Waals surface area contributed by atoms with Gasteiger partial charge in [0.2, 0.25) is 0 Å². The minimum absolute atomic E-state index is 0.121. The second kappa shape index (κ2) is 8.31. The van der Waals surface area contributed by atoms with Gasteiger partial charge in [-0.15, -0.1) is 0 Å². The number of carbonyl (C=O) groups is 1. The van der Waals surface area contributed by atoms with Gasteiger partial charge in [0.25, 0.3) is 0 Å². The second-order valence-electron chi connectivity index (χ2n) is 2.75. The molecule has 0 saturated carbocycles. The molecule has 12 heavy (non-hydrogen) atoms. The maximum atomic E-state index is 10.9. The Labute approximate surface area is 74.6 Å². The van der Waals surface area contributed by atoms with Crippen LogP contribution in [0.5, 0.6) is 0 Å². The number of hydrogen-bond acceptors (Lipinski definition) is 2. The van der Waals surface area contributed by atoms with Crippen LogP contribution in [-0.2, 0) is 9.53 Å². The van der Waals surface area contributed by atoms with Crippen LogP contribution in [0.1, 0.15) is 46.0 Å². The van der Waals surface area contributed by atoms with Crippen molar-refractivity contribution in [2.45, 2.75) is 46.0 Å². The molecule has 0 aliphatic rings. The van der Waals surface area contributed by atoms with E-state index in [4.69, 9.17) is 4.74 Å². The summed E-state index contributed by atoms with van der Waals surface area (Å²) in [5.41, 5.74) is 0. The molecule has 0 atom stereocenters. The van der Waals surface area contributed by atoms with Crippen LogP contribution in [0.3, 0.4) is 0 Å². The average Bonchev–Trinajstić information content (AvgIpc) is 2.09. The molecule has 0 aromatic heterocycles. The molecule has 0 aliphatic carbocycles. The molecule has 0 heterocycles. The van der Waals surface area contributed by atoms with Crippen molar-refractivity contribution in [3.63, 3.8) is 0 Å². The van der Waals surface area contributed by atoms with Gasteiger partial charge in [0.1, 0.15) is 0 Å². The molecule has 0 radical (unpaired) electrons. The van der Waals surface area contributed by atoms with Gasteiger partial charge < -0.3 is 4.74 Å². The molecule has 70 valence electrons. The first-order valence-corrected chi connectivity index (χ1v) is 4.65. The van der Waals surface area contributed by atoms with E-state index in [2.05, 4.69) is 13.8 Å². The molecular formula is C10H18O2. The summed E-state index contributed by atoms with van der Waals surface area (Å²) in [6.45, 7) is 4.14. The SMILES string of the molecule is CCCC=COC(=O)CCCC. The Morgan fingerprint density at radius 1 is 1.33 bits per heavy atom. The number of esters is 1. The quantitative estimate of drug-likeness (QED) is 0.452. The zero-order valence-electron chi connectivity index (χ0n) is 8.01. The normalized spacial score (nSPS) is 10.5. The third kappa shape index (κ3) is 7.32. The van der Waals surface area contributed by atoms with E-state index in [1.165, 1.54) is 6.26 Å². The molecule has 2 nitrogen and oxygen atoms in total. The van der Waals surface area contributed by atoms with Gasteiger partial charge in [0.15, 0.2) is 0 Å². The molecule has 0 aromatic rings. The third-order valence-electron chi connectivity index (χ3n) is 1.49. The maximum absolute atomic E-state index is 10.9. The number of rotatable bonds is 6. The van der Waals surface area contributed by atoms with Crippen LogP contribution in [0.25, 0.3) is 0 Å². The third-order valence-corrected chi connectivity index (χ3v) is 1.49. The molecule has 0 N–H and O–H groups in total. The number of ether oxygens (including phenoxy) is 1. The lowest BCUT2D eigenvalue weighted by atomic mass is 10.2. The molecule has 0 rings (SSSR count). The van der Waals surface area contributed by atoms with Crippen LogP contribution in [0.15, 0.2) is 12.3 Å². The van der Waals surface area contributed by atoms with Crippen LogP contribution in [0, 0.1) is 0 Å². The molecule has 0 spiro atoms. The summed E-state index contributed by atoms with van der Waals surface area (Å²) < 4.78 is 4.83. The molecule has 0 unspecified atom stereocenters. The Kier molecular flexibility index (Phi) is 7.76. The highest BCUT2D eigenvalue weighted by Gasteiger charge is 1.97. The molecule has 0 amide bonds. The smallest absolute Gasteiger partial charge is 0.310 e. The highest BCUT2D eigenvalue weighted by molar-refractivity contribution is 5.69. The highest BCUT2D eigenvalue weighted by atomic mass is 16.5. The van der Waals surface area contributed by atoms with Crippen molar-refractivity contribution in [2.24, 2.45) is 0 Å². The summed E-state index contributed by atoms with van der Waals surface area (Å²) in [7, 11) is 0. The zero-order valence-corrected chi connectivity index (χ0v) is 8.01. The monoisotopic (exact) mass is 170 g/mol. The van der Waals surface area contributed by atoms with Crippen molar-refractivity contribution >= 4 is 5.97 Å². The first kappa shape index (κ1) is 11.2. The van der Waals surface area contributed by atoms with E-state index in [9.17, 15) is 4.79 Å². The summed E-state index contributed by atoms with van der Waals surface area (Å²) >= 11 is 0. The maximum Gasteiger partial charge on any atom is 0.310 e. The van der Waals surface area contributed by atoms with Crippen molar-refractivity contribution in [2.75, 3.05) is 0 Å². The van der Waals surface area contributed by atoms with Crippen LogP contribution in [0.4, 0.5) is 0 Å². The van der Waals surface area contributed by atoms with Gasteiger partial charge in [0.05, 0.1) is 6.26 Å². The Hall–Kier alpha value is -0.790. The van der Waals surface area contributed by atoms with Gasteiger partial charge in [-0.25, -0.2) is 0 Å². The number of unbranched alkanes of at least 4 members (excludes halogenated alkanes) is 2. The van der Waals surface area contributed by atoms with Crippen molar-refractivity contribution in [1.29, 1.82) is 0 Å². The number of hydrogen-bond donors (Lipinski definition) is 0. The standard InChI is InChI=1S/C10H18O2/c1-3-5-7-9-12-10(11)8-6-4-2/h7,9H,3-6,8H2,1-2H3. The minimum Gasteiger partial charge on any atom is -0.435 e. The van der Waals surface area contributed by atoms with Crippen molar-refractivity contribution < 1.29 is 9.53 Å². The lowest BCUT2D eigenvalue weighted by molar-refractivity contribution is -0.138. The summed E-state index contributed by atoms with van der Waals surface area (Å²) in [6, 6.07) is 0. The molecule has 0 fully saturated rings. The summed E-state index contributed by atoms with van der Waals surface area (Å²) in [5, 5.41) is 0. The number of allylic oxidation sites excluding steroid dienone is 1. The van der Waals surface area contributed by atoms with Gasteiger partial charge in [-0.05, 0) is 18.9 Å². The van der Waals surface area contributed by atoms with E-state index in [-0.39, 0.29) is 5.97 Å². The molecule has 2 heteroatoms. The first-order chi connectivity index (χ1) is 5.81. The topological polar surface area (TPSA) is 26.3 Å². The predicted octanol–water partition coefficient (Wildman–Crippen LogP) is 3.03. The molecule has 0 saturated heterocycles. The van der Waals surface area contributed by atoms with Gasteiger partial charge in [-0.2, -0.15) is 0 Å². The van der Waals surface area contributed by atoms with Gasteiger partial charge in [0, 0.05) is 6.42 Å². The Bertz CT molecular complexity index is 139.